The average molecular weight is 442 g/mol. The average Bonchev–Trinajstić information content (AvgIpc) is 3.03. The van der Waals surface area contributed by atoms with Crippen molar-refractivity contribution in [3.63, 3.8) is 0 Å². The molecule has 0 aromatic carbocycles. The number of hydrogen-bond acceptors (Lipinski definition) is 10. The largest absolute Gasteiger partial charge is 0.587 e. The van der Waals surface area contributed by atoms with Crippen molar-refractivity contribution >= 4 is 38.4 Å². The van der Waals surface area contributed by atoms with Crippen LogP contribution in [0.15, 0.2) is 14.5 Å². The van der Waals surface area contributed by atoms with Gasteiger partial charge in [-0.25, -0.2) is 8.42 Å². The Bertz CT molecular complexity index is 753. The van der Waals surface area contributed by atoms with Crippen molar-refractivity contribution in [3.05, 3.63) is 11.6 Å². The Labute approximate surface area is 164 Å². The summed E-state index contributed by atoms with van der Waals surface area (Å²) in [6.45, 7) is 4.14. The van der Waals surface area contributed by atoms with Crippen molar-refractivity contribution in [3.8, 4) is 0 Å². The van der Waals surface area contributed by atoms with Crippen LogP contribution < -0.4 is 10.0 Å². The van der Waals surface area contributed by atoms with E-state index in [1.807, 2.05) is 6.92 Å². The standard InChI is InChI=1S/C14H23N3O7S3/c1-3-15-11-7-9(2)27(22,23)14-10(11)8-13(25-14)26(21)16-12(18)5-4-6-24-17(19)20/h8-9,11,15,19-20H,3-7H2,1-2H3,(H,16,18)/t9?,11-,26?/m0/s1. The van der Waals surface area contributed by atoms with Crippen molar-refractivity contribution in [2.24, 2.45) is 0 Å². The van der Waals surface area contributed by atoms with Gasteiger partial charge < -0.3 is 9.87 Å². The highest BCUT2D eigenvalue weighted by atomic mass is 32.3. The van der Waals surface area contributed by atoms with Gasteiger partial charge in [-0.1, -0.05) is 18.3 Å². The molecule has 0 spiro atoms. The van der Waals surface area contributed by atoms with Gasteiger partial charge in [0.2, 0.25) is 4.21 Å². The summed E-state index contributed by atoms with van der Waals surface area (Å²) < 4.78 is 40.4. The van der Waals surface area contributed by atoms with Gasteiger partial charge in [0.15, 0.2) is 9.84 Å². The van der Waals surface area contributed by atoms with Gasteiger partial charge in [0.1, 0.15) is 15.6 Å². The van der Waals surface area contributed by atoms with Crippen LogP contribution in [0.2, 0.25) is 0 Å². The molecular weight excluding hydrogens is 418 g/mol. The first-order chi connectivity index (χ1) is 12.7. The number of thiophene rings is 1. The number of fused-ring (bicyclic) bond motifs is 1. The highest BCUT2D eigenvalue weighted by Crippen LogP contribution is 2.42. The molecule has 0 aliphatic carbocycles. The minimum atomic E-state index is -3.48. The Morgan fingerprint density at radius 2 is 2.22 bits per heavy atom. The van der Waals surface area contributed by atoms with Gasteiger partial charge >= 0.3 is 0 Å². The highest BCUT2D eigenvalue weighted by molar-refractivity contribution is 7.95. The summed E-state index contributed by atoms with van der Waals surface area (Å²) in [5.41, 5.74) is 0.594. The second-order valence-corrected chi connectivity index (χ2v) is 11.0. The number of carbonyl (C=O) groups is 1. The molecule has 0 bridgehead atoms. The van der Waals surface area contributed by atoms with E-state index in [0.29, 0.717) is 18.5 Å². The molecule has 3 atom stereocenters. The lowest BCUT2D eigenvalue weighted by molar-refractivity contribution is -0.492. The van der Waals surface area contributed by atoms with E-state index in [1.54, 1.807) is 13.0 Å². The van der Waals surface area contributed by atoms with E-state index in [4.69, 9.17) is 10.4 Å². The monoisotopic (exact) mass is 441 g/mol. The van der Waals surface area contributed by atoms with E-state index >= 15 is 0 Å². The Balaban J connectivity index is 2.07. The maximum atomic E-state index is 12.6. The first kappa shape index (κ1) is 22.5. The second-order valence-electron chi connectivity index (χ2n) is 5.99. The fraction of sp³-hybridized carbons (Fsp3) is 0.643. The minimum Gasteiger partial charge on any atom is -0.587 e. The predicted molar refractivity (Wildman–Crippen MR) is 97.2 cm³/mol. The van der Waals surface area contributed by atoms with Crippen LogP contribution in [0, 0.1) is 0 Å². The normalized spacial score (nSPS) is 22.4. The number of nitrogens with zero attached hydrogens (tertiary/aromatic N) is 1. The molecule has 1 aromatic heterocycles. The van der Waals surface area contributed by atoms with Crippen molar-refractivity contribution in [2.45, 2.75) is 52.8 Å². The third-order valence-corrected chi connectivity index (χ3v) is 9.32. The summed E-state index contributed by atoms with van der Waals surface area (Å²) in [6.07, 6.45) is 0.571. The zero-order valence-electron chi connectivity index (χ0n) is 14.9. The smallest absolute Gasteiger partial charge is 0.261 e. The van der Waals surface area contributed by atoms with E-state index < -0.39 is 37.7 Å². The van der Waals surface area contributed by atoms with Crippen LogP contribution in [0.4, 0.5) is 0 Å². The lowest BCUT2D eigenvalue weighted by Gasteiger charge is -2.27. The van der Waals surface area contributed by atoms with E-state index in [9.17, 15) is 17.8 Å². The van der Waals surface area contributed by atoms with E-state index in [1.165, 1.54) is 0 Å². The van der Waals surface area contributed by atoms with Crippen LogP contribution >= 0.6 is 11.3 Å². The van der Waals surface area contributed by atoms with Crippen LogP contribution in [0.25, 0.3) is 0 Å². The summed E-state index contributed by atoms with van der Waals surface area (Å²) in [7, 11) is -3.48. The van der Waals surface area contributed by atoms with Gasteiger partial charge in [-0.2, -0.15) is 4.72 Å². The van der Waals surface area contributed by atoms with Crippen LogP contribution in [0.5, 0.6) is 0 Å². The van der Waals surface area contributed by atoms with Crippen molar-refractivity contribution in [2.75, 3.05) is 13.2 Å². The zero-order valence-corrected chi connectivity index (χ0v) is 17.3. The van der Waals surface area contributed by atoms with Gasteiger partial charge in [-0.15, -0.1) is 0 Å². The molecule has 2 heterocycles. The predicted octanol–water partition coefficient (Wildman–Crippen LogP) is 0.896. The zero-order chi connectivity index (χ0) is 20.2. The van der Waals surface area contributed by atoms with Gasteiger partial charge in [-0.3, -0.25) is 20.0 Å². The maximum absolute atomic E-state index is 12.6. The molecule has 1 aromatic rings. The van der Waals surface area contributed by atoms with Crippen LogP contribution in [-0.4, -0.2) is 53.1 Å². The first-order valence-electron chi connectivity index (χ1n) is 8.29. The van der Waals surface area contributed by atoms with Crippen molar-refractivity contribution in [1.29, 1.82) is 0 Å². The molecule has 0 saturated carbocycles. The van der Waals surface area contributed by atoms with Gasteiger partial charge in [0.25, 0.3) is 5.91 Å². The molecule has 154 valence electrons. The Hall–Kier alpha value is -0.770. The third-order valence-electron chi connectivity index (χ3n) is 4.03. The topological polar surface area (TPSA) is 151 Å². The molecule has 10 nitrogen and oxygen atoms in total. The summed E-state index contributed by atoms with van der Waals surface area (Å²) in [4.78, 5) is 16.2. The molecular formula is C14H23N3O7S3. The molecule has 1 aliphatic heterocycles. The minimum absolute atomic E-state index is 0.0416. The van der Waals surface area contributed by atoms with Gasteiger partial charge in [0, 0.05) is 24.1 Å². The van der Waals surface area contributed by atoms with Gasteiger partial charge in [0.05, 0.1) is 17.2 Å². The number of amides is 1. The number of nitrogens with one attached hydrogen (secondary N) is 2. The maximum Gasteiger partial charge on any atom is 0.261 e. The first-order valence-corrected chi connectivity index (χ1v) is 11.8. The lowest BCUT2D eigenvalue weighted by Crippen LogP contribution is -2.33. The van der Waals surface area contributed by atoms with Crippen LogP contribution in [-0.2, 0) is 30.8 Å². The SMILES string of the molecule is CCN[C@H]1CC(C)S(=O)(=O)c2sc([S+]([O-])NC(=O)CCCON(O)O)cc21. The number of rotatable bonds is 9. The summed E-state index contributed by atoms with van der Waals surface area (Å²) in [6, 6.07) is 1.43. The number of carbonyl (C=O) groups excluding carboxylic acids is 1. The van der Waals surface area contributed by atoms with Gasteiger partial charge in [-0.05, 0) is 26.3 Å². The molecule has 0 fully saturated rings. The van der Waals surface area contributed by atoms with Crippen LogP contribution in [0.3, 0.4) is 0 Å². The van der Waals surface area contributed by atoms with E-state index in [0.717, 1.165) is 11.3 Å². The Morgan fingerprint density at radius 3 is 2.85 bits per heavy atom. The fourth-order valence-corrected chi connectivity index (χ4v) is 7.45. The summed E-state index contributed by atoms with van der Waals surface area (Å²) >= 11 is -0.961. The lowest BCUT2D eigenvalue weighted by atomic mass is 10.1. The van der Waals surface area contributed by atoms with Crippen molar-refractivity contribution in [1.82, 2.24) is 15.4 Å². The summed E-state index contributed by atoms with van der Waals surface area (Å²) in [5, 5.41) is 19.0. The van der Waals surface area contributed by atoms with E-state index in [2.05, 4.69) is 14.9 Å². The molecule has 0 radical (unpaired) electrons. The quantitative estimate of drug-likeness (QED) is 0.249. The molecule has 0 saturated heterocycles. The second kappa shape index (κ2) is 9.62. The molecule has 1 aliphatic rings. The molecule has 2 unspecified atom stereocenters. The van der Waals surface area contributed by atoms with Crippen LogP contribution in [0.1, 0.15) is 44.7 Å². The Morgan fingerprint density at radius 1 is 1.52 bits per heavy atom. The summed E-state index contributed by atoms with van der Waals surface area (Å²) in [5.74, 6) is -0.523. The third kappa shape index (κ3) is 5.62. The molecule has 27 heavy (non-hydrogen) atoms. The molecule has 2 rings (SSSR count). The molecule has 4 N–H and O–H groups in total. The van der Waals surface area contributed by atoms with Crippen molar-refractivity contribution < 1.29 is 33.0 Å². The number of hydrogen-bond donors (Lipinski definition) is 4. The fourth-order valence-electron chi connectivity index (χ4n) is 2.71. The Kier molecular flexibility index (Phi) is 8.03. The highest BCUT2D eigenvalue weighted by Gasteiger charge is 2.40. The molecule has 1 amide bonds. The van der Waals surface area contributed by atoms with E-state index in [-0.39, 0.29) is 33.9 Å². The molecule has 13 heteroatoms. The number of sulfone groups is 1.